The smallest absolute Gasteiger partial charge is 0.328 e. The number of ether oxygens (including phenoxy) is 1. The fraction of sp³-hybridized carbons (Fsp3) is 0.250. The van der Waals surface area contributed by atoms with Crippen LogP contribution in [0, 0.1) is 5.92 Å². The average Bonchev–Trinajstić information content (AvgIpc) is 3.68. The van der Waals surface area contributed by atoms with Crippen LogP contribution in [-0.4, -0.2) is 50.1 Å². The highest BCUT2D eigenvalue weighted by molar-refractivity contribution is 5.85. The molecule has 0 aliphatic rings. The number of carbonyl (C=O) groups is 2. The van der Waals surface area contributed by atoms with Crippen LogP contribution in [-0.2, 0) is 26.4 Å². The lowest BCUT2D eigenvalue weighted by Gasteiger charge is -2.36. The summed E-state index contributed by atoms with van der Waals surface area (Å²) in [6, 6.07) is 46.4. The van der Waals surface area contributed by atoms with Crippen molar-refractivity contribution in [3.8, 4) is 22.5 Å². The minimum atomic E-state index is -0.956. The van der Waals surface area contributed by atoms with Gasteiger partial charge in [0.2, 0.25) is 5.91 Å². The SMILES string of the molecule is CCCCC(=O)N(Cc1ccc(-c2ccccc2)c(-c2nnnn2C(c2ccccc2)(c2ccccc2)c2ccccc2)c1)C(C(=O)OC)C(C)C. The van der Waals surface area contributed by atoms with E-state index in [1.807, 2.05) is 97.4 Å². The van der Waals surface area contributed by atoms with Gasteiger partial charge in [0.25, 0.3) is 0 Å². The largest absolute Gasteiger partial charge is 0.467 e. The maximum absolute atomic E-state index is 13.8. The van der Waals surface area contributed by atoms with Crippen molar-refractivity contribution < 1.29 is 14.3 Å². The molecule has 0 radical (unpaired) electrons. The van der Waals surface area contributed by atoms with Gasteiger partial charge in [-0.05, 0) is 62.2 Å². The monoisotopic (exact) mass is 691 g/mol. The van der Waals surface area contributed by atoms with Crippen molar-refractivity contribution in [3.63, 3.8) is 0 Å². The third kappa shape index (κ3) is 7.15. The van der Waals surface area contributed by atoms with Gasteiger partial charge < -0.3 is 9.64 Å². The molecular weight excluding hydrogens is 647 g/mol. The summed E-state index contributed by atoms with van der Waals surface area (Å²) in [5.41, 5.74) is 5.57. The number of hydrogen-bond acceptors (Lipinski definition) is 6. The Morgan fingerprint density at radius 1 is 0.750 bits per heavy atom. The summed E-state index contributed by atoms with van der Waals surface area (Å²) in [5.74, 6) is -0.116. The number of aromatic nitrogens is 4. The molecule has 8 heteroatoms. The van der Waals surface area contributed by atoms with Gasteiger partial charge in [-0.15, -0.1) is 5.10 Å². The molecule has 1 atom stereocenters. The predicted molar refractivity (Wildman–Crippen MR) is 204 cm³/mol. The Bertz CT molecular complexity index is 1970. The molecule has 0 fully saturated rings. The van der Waals surface area contributed by atoms with E-state index in [2.05, 4.69) is 72.8 Å². The Balaban J connectivity index is 1.61. The third-order valence-corrected chi connectivity index (χ3v) is 9.60. The van der Waals surface area contributed by atoms with Gasteiger partial charge in [-0.1, -0.05) is 161 Å². The molecule has 8 nitrogen and oxygen atoms in total. The number of amides is 1. The Labute approximate surface area is 306 Å². The first-order valence-corrected chi connectivity index (χ1v) is 17.9. The summed E-state index contributed by atoms with van der Waals surface area (Å²) in [6.45, 7) is 6.15. The number of esters is 1. The van der Waals surface area contributed by atoms with Crippen molar-refractivity contribution >= 4 is 11.9 Å². The topological polar surface area (TPSA) is 90.2 Å². The molecule has 0 spiro atoms. The molecule has 5 aromatic carbocycles. The molecule has 0 aliphatic carbocycles. The lowest BCUT2D eigenvalue weighted by molar-refractivity contribution is -0.155. The minimum absolute atomic E-state index is 0.0827. The highest BCUT2D eigenvalue weighted by Crippen LogP contribution is 2.43. The number of methoxy groups -OCH3 is 1. The van der Waals surface area contributed by atoms with Gasteiger partial charge in [-0.3, -0.25) is 4.79 Å². The first kappa shape index (κ1) is 35.9. The fourth-order valence-electron chi connectivity index (χ4n) is 7.12. The third-order valence-electron chi connectivity index (χ3n) is 9.60. The standard InChI is InChI=1S/C44H45N5O3/c1-5-6-27-40(50)48(41(32(2)3)43(51)52-4)31-33-28-29-38(34-19-11-7-12-20-34)39(30-33)42-45-46-47-49(42)44(35-21-13-8-14-22-35,36-23-15-9-16-24-36)37-25-17-10-18-26-37/h7-26,28-30,32,41H,5-6,27,31H2,1-4H3. The van der Waals surface area contributed by atoms with Crippen molar-refractivity contribution in [2.45, 2.75) is 58.2 Å². The van der Waals surface area contributed by atoms with E-state index in [0.717, 1.165) is 51.8 Å². The molecule has 0 saturated heterocycles. The molecule has 6 rings (SSSR count). The zero-order chi connectivity index (χ0) is 36.5. The first-order valence-electron chi connectivity index (χ1n) is 17.9. The molecule has 1 amide bonds. The number of hydrogen-bond donors (Lipinski definition) is 0. The second-order valence-electron chi connectivity index (χ2n) is 13.3. The lowest BCUT2D eigenvalue weighted by atomic mass is 9.77. The van der Waals surface area contributed by atoms with E-state index in [4.69, 9.17) is 15.0 Å². The van der Waals surface area contributed by atoms with Crippen LogP contribution in [0.4, 0.5) is 0 Å². The summed E-state index contributed by atoms with van der Waals surface area (Å²) < 4.78 is 7.15. The van der Waals surface area contributed by atoms with E-state index in [1.54, 1.807) is 4.90 Å². The molecule has 0 bridgehead atoms. The normalized spacial score (nSPS) is 12.0. The van der Waals surface area contributed by atoms with Crippen LogP contribution in [0.15, 0.2) is 140 Å². The van der Waals surface area contributed by atoms with Crippen molar-refractivity contribution in [3.05, 3.63) is 162 Å². The van der Waals surface area contributed by atoms with Crippen LogP contribution in [0.1, 0.15) is 62.3 Å². The molecule has 0 N–H and O–H groups in total. The van der Waals surface area contributed by atoms with Crippen molar-refractivity contribution in [1.82, 2.24) is 25.1 Å². The lowest BCUT2D eigenvalue weighted by Crippen LogP contribution is -2.48. The Hall–Kier alpha value is -5.89. The van der Waals surface area contributed by atoms with E-state index in [1.165, 1.54) is 7.11 Å². The van der Waals surface area contributed by atoms with Crippen molar-refractivity contribution in [1.29, 1.82) is 0 Å². The Kier molecular flexibility index (Phi) is 11.3. The van der Waals surface area contributed by atoms with Gasteiger partial charge in [0.05, 0.1) is 7.11 Å². The molecule has 6 aromatic rings. The number of unbranched alkanes of at least 4 members (excludes halogenated alkanes) is 1. The van der Waals surface area contributed by atoms with Crippen LogP contribution >= 0.6 is 0 Å². The summed E-state index contributed by atoms with van der Waals surface area (Å²) in [7, 11) is 1.37. The van der Waals surface area contributed by atoms with Gasteiger partial charge in [-0.2, -0.15) is 0 Å². The molecule has 0 saturated carbocycles. The molecule has 1 heterocycles. The van der Waals surface area contributed by atoms with E-state index >= 15 is 0 Å². The van der Waals surface area contributed by atoms with E-state index in [0.29, 0.717) is 12.2 Å². The molecular formula is C44H45N5O3. The number of rotatable bonds is 14. The van der Waals surface area contributed by atoms with E-state index in [-0.39, 0.29) is 18.4 Å². The van der Waals surface area contributed by atoms with Crippen LogP contribution in [0.3, 0.4) is 0 Å². The zero-order valence-electron chi connectivity index (χ0n) is 30.2. The maximum Gasteiger partial charge on any atom is 0.328 e. The predicted octanol–water partition coefficient (Wildman–Crippen LogP) is 8.56. The Morgan fingerprint density at radius 2 is 1.29 bits per heavy atom. The van der Waals surface area contributed by atoms with Gasteiger partial charge >= 0.3 is 5.97 Å². The number of nitrogens with zero attached hydrogens (tertiary/aromatic N) is 5. The summed E-state index contributed by atoms with van der Waals surface area (Å²) in [4.78, 5) is 28.7. The zero-order valence-corrected chi connectivity index (χ0v) is 30.2. The highest BCUT2D eigenvalue weighted by atomic mass is 16.5. The molecule has 264 valence electrons. The molecule has 0 aliphatic heterocycles. The number of benzene rings is 5. The molecule has 1 aromatic heterocycles. The maximum atomic E-state index is 13.8. The van der Waals surface area contributed by atoms with Gasteiger partial charge in [-0.25, -0.2) is 9.48 Å². The second kappa shape index (κ2) is 16.4. The van der Waals surface area contributed by atoms with Gasteiger partial charge in [0.15, 0.2) is 5.82 Å². The average molecular weight is 692 g/mol. The highest BCUT2D eigenvalue weighted by Gasteiger charge is 2.42. The van der Waals surface area contributed by atoms with Crippen molar-refractivity contribution in [2.24, 2.45) is 5.92 Å². The molecule has 1 unspecified atom stereocenters. The van der Waals surface area contributed by atoms with Gasteiger partial charge in [0, 0.05) is 18.5 Å². The molecule has 52 heavy (non-hydrogen) atoms. The van der Waals surface area contributed by atoms with Crippen LogP contribution in [0.5, 0.6) is 0 Å². The summed E-state index contributed by atoms with van der Waals surface area (Å²) >= 11 is 0. The summed E-state index contributed by atoms with van der Waals surface area (Å²) in [6.07, 6.45) is 1.95. The van der Waals surface area contributed by atoms with Gasteiger partial charge in [0.1, 0.15) is 11.6 Å². The van der Waals surface area contributed by atoms with Crippen LogP contribution in [0.2, 0.25) is 0 Å². The van der Waals surface area contributed by atoms with Crippen molar-refractivity contribution in [2.75, 3.05) is 7.11 Å². The van der Waals surface area contributed by atoms with Crippen LogP contribution in [0.25, 0.3) is 22.5 Å². The second-order valence-corrected chi connectivity index (χ2v) is 13.3. The Morgan fingerprint density at radius 3 is 1.79 bits per heavy atom. The van der Waals surface area contributed by atoms with E-state index in [9.17, 15) is 9.59 Å². The first-order chi connectivity index (χ1) is 25.4. The van der Waals surface area contributed by atoms with E-state index < -0.39 is 17.6 Å². The number of tetrazole rings is 1. The minimum Gasteiger partial charge on any atom is -0.467 e. The quantitative estimate of drug-likeness (QED) is 0.0840. The van der Waals surface area contributed by atoms with Crippen LogP contribution < -0.4 is 0 Å². The fourth-order valence-corrected chi connectivity index (χ4v) is 7.12. The number of carbonyl (C=O) groups excluding carboxylic acids is 2. The summed E-state index contributed by atoms with van der Waals surface area (Å²) in [5, 5.41) is 13.9.